The van der Waals surface area contributed by atoms with Gasteiger partial charge in [-0.15, -0.1) is 0 Å². The second kappa shape index (κ2) is 5.11. The van der Waals surface area contributed by atoms with Crippen molar-refractivity contribution in [1.82, 2.24) is 10.6 Å². The van der Waals surface area contributed by atoms with E-state index < -0.39 is 0 Å². The van der Waals surface area contributed by atoms with Gasteiger partial charge in [0.25, 0.3) is 0 Å². The van der Waals surface area contributed by atoms with E-state index in [-0.39, 0.29) is 5.91 Å². The molecule has 1 aliphatic rings. The van der Waals surface area contributed by atoms with Crippen molar-refractivity contribution in [3.05, 3.63) is 0 Å². The minimum atomic E-state index is 0.0283. The monoisotopic (exact) mass is 172 g/mol. The number of hydrogen-bond donors (Lipinski definition) is 2. The van der Waals surface area contributed by atoms with Crippen LogP contribution in [0.15, 0.2) is 0 Å². The summed E-state index contributed by atoms with van der Waals surface area (Å²) in [6, 6.07) is 0.357. The summed E-state index contributed by atoms with van der Waals surface area (Å²) in [7, 11) is 1.64. The van der Waals surface area contributed by atoms with Crippen LogP contribution in [0.1, 0.15) is 12.8 Å². The van der Waals surface area contributed by atoms with Crippen LogP contribution in [0.5, 0.6) is 0 Å². The van der Waals surface area contributed by atoms with Crippen molar-refractivity contribution < 1.29 is 9.53 Å². The van der Waals surface area contributed by atoms with Crippen LogP contribution < -0.4 is 10.6 Å². The fourth-order valence-electron chi connectivity index (χ4n) is 1.23. The van der Waals surface area contributed by atoms with Gasteiger partial charge in [-0.2, -0.15) is 0 Å². The molecule has 1 atom stereocenters. The Hall–Kier alpha value is -0.610. The number of carbonyl (C=O) groups excluding carboxylic acids is 1. The van der Waals surface area contributed by atoms with E-state index in [0.717, 1.165) is 26.1 Å². The van der Waals surface area contributed by atoms with Gasteiger partial charge in [-0.05, 0) is 12.8 Å². The molecule has 70 valence electrons. The maximum atomic E-state index is 10.8. The largest absolute Gasteiger partial charge is 0.380 e. The SMILES string of the molecule is CNC(=O)CNC1CCCOC1. The second-order valence-corrected chi connectivity index (χ2v) is 2.97. The first kappa shape index (κ1) is 9.48. The van der Waals surface area contributed by atoms with Gasteiger partial charge in [0.1, 0.15) is 0 Å². The standard InChI is InChI=1S/C8H16N2O2/c1-9-8(11)5-10-7-3-2-4-12-6-7/h7,10H,2-6H2,1H3,(H,9,11). The third kappa shape index (κ3) is 3.19. The van der Waals surface area contributed by atoms with Crippen LogP contribution in [0.4, 0.5) is 0 Å². The first-order chi connectivity index (χ1) is 5.83. The molecule has 1 unspecified atom stereocenters. The zero-order valence-corrected chi connectivity index (χ0v) is 7.43. The summed E-state index contributed by atoms with van der Waals surface area (Å²) in [5, 5.41) is 5.70. The molecule has 0 aliphatic carbocycles. The molecule has 4 nitrogen and oxygen atoms in total. The summed E-state index contributed by atoms with van der Waals surface area (Å²) in [5.41, 5.74) is 0. The van der Waals surface area contributed by atoms with Crippen molar-refractivity contribution in [2.24, 2.45) is 0 Å². The fourth-order valence-corrected chi connectivity index (χ4v) is 1.23. The lowest BCUT2D eigenvalue weighted by Gasteiger charge is -2.22. The van der Waals surface area contributed by atoms with Gasteiger partial charge in [0.05, 0.1) is 13.2 Å². The van der Waals surface area contributed by atoms with E-state index in [2.05, 4.69) is 10.6 Å². The van der Waals surface area contributed by atoms with Crippen LogP contribution in [0, 0.1) is 0 Å². The molecule has 1 rings (SSSR count). The summed E-state index contributed by atoms with van der Waals surface area (Å²) in [4.78, 5) is 10.8. The van der Waals surface area contributed by atoms with Gasteiger partial charge < -0.3 is 15.4 Å². The Kier molecular flexibility index (Phi) is 4.04. The normalized spacial score (nSPS) is 23.6. The number of nitrogens with one attached hydrogen (secondary N) is 2. The highest BCUT2D eigenvalue weighted by atomic mass is 16.5. The lowest BCUT2D eigenvalue weighted by atomic mass is 10.1. The summed E-state index contributed by atoms with van der Waals surface area (Å²) < 4.78 is 5.25. The number of likely N-dealkylation sites (N-methyl/N-ethyl adjacent to an activating group) is 1. The third-order valence-corrected chi connectivity index (χ3v) is 1.99. The fraction of sp³-hybridized carbons (Fsp3) is 0.875. The van der Waals surface area contributed by atoms with Crippen molar-refractivity contribution in [3.63, 3.8) is 0 Å². The number of carbonyl (C=O) groups is 1. The molecule has 0 aromatic heterocycles. The minimum absolute atomic E-state index is 0.0283. The molecule has 0 radical (unpaired) electrons. The minimum Gasteiger partial charge on any atom is -0.380 e. The molecule has 1 amide bonds. The van der Waals surface area contributed by atoms with Gasteiger partial charge in [-0.25, -0.2) is 0 Å². The van der Waals surface area contributed by atoms with E-state index in [0.29, 0.717) is 12.6 Å². The Morgan fingerprint density at radius 3 is 3.08 bits per heavy atom. The molecule has 0 spiro atoms. The summed E-state index contributed by atoms with van der Waals surface area (Å²) >= 11 is 0. The third-order valence-electron chi connectivity index (χ3n) is 1.99. The highest BCUT2D eigenvalue weighted by Gasteiger charge is 2.13. The highest BCUT2D eigenvalue weighted by Crippen LogP contribution is 2.04. The van der Waals surface area contributed by atoms with Gasteiger partial charge in [-0.1, -0.05) is 0 Å². The maximum absolute atomic E-state index is 10.8. The Balaban J connectivity index is 2.09. The molecule has 4 heteroatoms. The lowest BCUT2D eigenvalue weighted by molar-refractivity contribution is -0.120. The summed E-state index contributed by atoms with van der Waals surface area (Å²) in [6.07, 6.45) is 2.20. The topological polar surface area (TPSA) is 50.4 Å². The molecule has 0 aromatic rings. The number of rotatable bonds is 3. The van der Waals surface area contributed by atoms with Crippen LogP contribution in [-0.2, 0) is 9.53 Å². The van der Waals surface area contributed by atoms with Crippen molar-refractivity contribution >= 4 is 5.91 Å². The molecule has 1 heterocycles. The van der Waals surface area contributed by atoms with Gasteiger partial charge in [0.15, 0.2) is 0 Å². The molecular formula is C8H16N2O2. The lowest BCUT2D eigenvalue weighted by Crippen LogP contribution is -2.42. The van der Waals surface area contributed by atoms with Crippen LogP contribution in [0.3, 0.4) is 0 Å². The Morgan fingerprint density at radius 2 is 2.50 bits per heavy atom. The first-order valence-corrected chi connectivity index (χ1v) is 4.34. The van der Waals surface area contributed by atoms with E-state index >= 15 is 0 Å². The van der Waals surface area contributed by atoms with Gasteiger partial charge in [0.2, 0.25) is 5.91 Å². The molecule has 0 aromatic carbocycles. The van der Waals surface area contributed by atoms with Crippen molar-refractivity contribution in [3.8, 4) is 0 Å². The predicted octanol–water partition coefficient (Wildman–Crippen LogP) is -0.499. The van der Waals surface area contributed by atoms with E-state index in [1.54, 1.807) is 7.05 Å². The van der Waals surface area contributed by atoms with E-state index in [4.69, 9.17) is 4.74 Å². The first-order valence-electron chi connectivity index (χ1n) is 4.34. The zero-order chi connectivity index (χ0) is 8.81. The van der Waals surface area contributed by atoms with Crippen LogP contribution in [-0.4, -0.2) is 38.8 Å². The van der Waals surface area contributed by atoms with Crippen LogP contribution >= 0.6 is 0 Å². The van der Waals surface area contributed by atoms with Gasteiger partial charge in [0, 0.05) is 19.7 Å². The molecule has 1 saturated heterocycles. The van der Waals surface area contributed by atoms with Crippen molar-refractivity contribution in [2.75, 3.05) is 26.8 Å². The number of ether oxygens (including phenoxy) is 1. The molecule has 1 fully saturated rings. The Morgan fingerprint density at radius 1 is 1.67 bits per heavy atom. The maximum Gasteiger partial charge on any atom is 0.233 e. The zero-order valence-electron chi connectivity index (χ0n) is 7.43. The number of amides is 1. The Labute approximate surface area is 72.7 Å². The average Bonchev–Trinajstić information content (AvgIpc) is 2.16. The second-order valence-electron chi connectivity index (χ2n) is 2.97. The highest BCUT2D eigenvalue weighted by molar-refractivity contribution is 5.77. The summed E-state index contributed by atoms with van der Waals surface area (Å²) in [6.45, 7) is 1.99. The van der Waals surface area contributed by atoms with Crippen LogP contribution in [0.2, 0.25) is 0 Å². The van der Waals surface area contributed by atoms with Crippen LogP contribution in [0.25, 0.3) is 0 Å². The quantitative estimate of drug-likeness (QED) is 0.603. The molecule has 2 N–H and O–H groups in total. The predicted molar refractivity (Wildman–Crippen MR) is 45.9 cm³/mol. The smallest absolute Gasteiger partial charge is 0.233 e. The average molecular weight is 172 g/mol. The summed E-state index contributed by atoms with van der Waals surface area (Å²) in [5.74, 6) is 0.0283. The van der Waals surface area contributed by atoms with Gasteiger partial charge >= 0.3 is 0 Å². The Bertz CT molecular complexity index is 144. The van der Waals surface area contributed by atoms with E-state index in [9.17, 15) is 4.79 Å². The van der Waals surface area contributed by atoms with Gasteiger partial charge in [-0.3, -0.25) is 4.79 Å². The molecule has 0 saturated carbocycles. The molecule has 0 bridgehead atoms. The molecular weight excluding hydrogens is 156 g/mol. The number of hydrogen-bond acceptors (Lipinski definition) is 3. The van der Waals surface area contributed by atoms with Crippen molar-refractivity contribution in [1.29, 1.82) is 0 Å². The van der Waals surface area contributed by atoms with Crippen molar-refractivity contribution in [2.45, 2.75) is 18.9 Å². The van der Waals surface area contributed by atoms with E-state index in [1.807, 2.05) is 0 Å². The molecule has 1 aliphatic heterocycles. The van der Waals surface area contributed by atoms with E-state index in [1.165, 1.54) is 0 Å². The molecule has 12 heavy (non-hydrogen) atoms.